The molecule has 0 unspecified atom stereocenters. The number of nitrogens with zero attached hydrogens (tertiary/aromatic N) is 6. The fraction of sp³-hybridized carbons (Fsp3) is 0.267. The molecule has 0 bridgehead atoms. The van der Waals surface area contributed by atoms with E-state index in [2.05, 4.69) is 25.9 Å². The lowest BCUT2D eigenvalue weighted by atomic mass is 10.1. The fourth-order valence-electron chi connectivity index (χ4n) is 2.22. The monoisotopic (exact) mass is 311 g/mol. The van der Waals surface area contributed by atoms with Gasteiger partial charge in [0.2, 0.25) is 0 Å². The molecule has 0 aliphatic heterocycles. The zero-order valence-electron chi connectivity index (χ0n) is 13.1. The number of aromatic nitrogens is 6. The Hall–Kier alpha value is -3.03. The Morgan fingerprint density at radius 1 is 1.30 bits per heavy atom. The first kappa shape index (κ1) is 14.9. The third-order valence-corrected chi connectivity index (χ3v) is 3.33. The number of rotatable bonds is 4. The van der Waals surface area contributed by atoms with E-state index in [1.807, 2.05) is 26.0 Å². The second-order valence-corrected chi connectivity index (χ2v) is 5.48. The lowest BCUT2D eigenvalue weighted by Crippen LogP contribution is -2.12. The Morgan fingerprint density at radius 2 is 2.13 bits per heavy atom. The molecule has 0 atom stereocenters. The maximum atomic E-state index is 12.4. The molecule has 3 rings (SSSR count). The van der Waals surface area contributed by atoms with Gasteiger partial charge in [-0.25, -0.2) is 4.68 Å². The predicted octanol–water partition coefficient (Wildman–Crippen LogP) is 1.91. The Balaban J connectivity index is 1.87. The van der Waals surface area contributed by atoms with Gasteiger partial charge in [-0.15, -0.1) is 5.10 Å². The fourth-order valence-corrected chi connectivity index (χ4v) is 2.22. The van der Waals surface area contributed by atoms with Crippen LogP contribution in [-0.2, 0) is 7.05 Å². The summed E-state index contributed by atoms with van der Waals surface area (Å²) in [5.74, 6) is 0.430. The molecule has 0 spiro atoms. The summed E-state index contributed by atoms with van der Waals surface area (Å²) >= 11 is 0. The molecule has 0 radical (unpaired) electrons. The molecule has 0 fully saturated rings. The lowest BCUT2D eigenvalue weighted by Gasteiger charge is -2.09. The molecule has 8 heteroatoms. The second kappa shape index (κ2) is 5.99. The smallest absolute Gasteiger partial charge is 0.255 e. The third kappa shape index (κ3) is 3.10. The number of hydrogen-bond donors (Lipinski definition) is 1. The van der Waals surface area contributed by atoms with E-state index in [0.717, 1.165) is 5.56 Å². The Labute approximate surface area is 133 Å². The van der Waals surface area contributed by atoms with E-state index in [1.54, 1.807) is 40.9 Å². The van der Waals surface area contributed by atoms with Gasteiger partial charge in [-0.3, -0.25) is 9.48 Å². The first-order valence-electron chi connectivity index (χ1n) is 7.23. The number of benzene rings is 1. The highest BCUT2D eigenvalue weighted by atomic mass is 16.1. The van der Waals surface area contributed by atoms with Crippen molar-refractivity contribution in [3.05, 3.63) is 42.2 Å². The second-order valence-electron chi connectivity index (χ2n) is 5.48. The Bertz CT molecular complexity index is 834. The topological polar surface area (TPSA) is 90.5 Å². The van der Waals surface area contributed by atoms with Crippen LogP contribution >= 0.6 is 0 Å². The molecular weight excluding hydrogens is 294 g/mol. The minimum absolute atomic E-state index is 0.132. The van der Waals surface area contributed by atoms with Crippen LogP contribution in [0.4, 0.5) is 5.69 Å². The summed E-state index contributed by atoms with van der Waals surface area (Å²) in [6, 6.07) is 7.35. The van der Waals surface area contributed by atoms with Gasteiger partial charge in [0.05, 0.1) is 17.9 Å². The highest BCUT2D eigenvalue weighted by molar-refractivity contribution is 6.04. The van der Waals surface area contributed by atoms with Crippen LogP contribution in [0.1, 0.15) is 30.2 Å². The van der Waals surface area contributed by atoms with Crippen LogP contribution in [0.25, 0.3) is 11.4 Å². The maximum absolute atomic E-state index is 12.4. The molecule has 2 heterocycles. The predicted molar refractivity (Wildman–Crippen MR) is 84.8 cm³/mol. The van der Waals surface area contributed by atoms with Crippen molar-refractivity contribution in [3.63, 3.8) is 0 Å². The van der Waals surface area contributed by atoms with Gasteiger partial charge < -0.3 is 5.32 Å². The summed E-state index contributed by atoms with van der Waals surface area (Å²) in [4.78, 5) is 12.4. The van der Waals surface area contributed by atoms with Crippen LogP contribution in [0.2, 0.25) is 0 Å². The van der Waals surface area contributed by atoms with E-state index in [9.17, 15) is 4.79 Å². The quantitative estimate of drug-likeness (QED) is 0.794. The van der Waals surface area contributed by atoms with Gasteiger partial charge >= 0.3 is 0 Å². The molecule has 3 aromatic rings. The van der Waals surface area contributed by atoms with E-state index in [-0.39, 0.29) is 11.9 Å². The summed E-state index contributed by atoms with van der Waals surface area (Å²) in [5.41, 5.74) is 1.97. The summed E-state index contributed by atoms with van der Waals surface area (Å²) in [5, 5.41) is 18.6. The van der Waals surface area contributed by atoms with Gasteiger partial charge in [0.1, 0.15) is 0 Å². The number of carbonyl (C=O) groups excluding carboxylic acids is 1. The van der Waals surface area contributed by atoms with E-state index in [4.69, 9.17) is 0 Å². The number of tetrazole rings is 1. The van der Waals surface area contributed by atoms with Crippen molar-refractivity contribution >= 4 is 11.6 Å². The minimum Gasteiger partial charge on any atom is -0.319 e. The van der Waals surface area contributed by atoms with Crippen LogP contribution in [0, 0.1) is 0 Å². The van der Waals surface area contributed by atoms with Crippen molar-refractivity contribution in [2.45, 2.75) is 19.9 Å². The van der Waals surface area contributed by atoms with Gasteiger partial charge in [0, 0.05) is 24.4 Å². The SMILES string of the molecule is CC(C)n1nnnc1-c1cccc(C(=O)Nc2cnn(C)c2)c1. The van der Waals surface area contributed by atoms with E-state index >= 15 is 0 Å². The number of amides is 1. The third-order valence-electron chi connectivity index (χ3n) is 3.33. The molecule has 0 aliphatic carbocycles. The molecule has 0 saturated carbocycles. The van der Waals surface area contributed by atoms with Crippen LogP contribution in [0.3, 0.4) is 0 Å². The highest BCUT2D eigenvalue weighted by Gasteiger charge is 2.14. The van der Waals surface area contributed by atoms with Crippen molar-refractivity contribution in [1.29, 1.82) is 0 Å². The van der Waals surface area contributed by atoms with E-state index < -0.39 is 0 Å². The largest absolute Gasteiger partial charge is 0.319 e. The Morgan fingerprint density at radius 3 is 2.83 bits per heavy atom. The number of hydrogen-bond acceptors (Lipinski definition) is 5. The van der Waals surface area contributed by atoms with Crippen molar-refractivity contribution in [2.75, 3.05) is 5.32 Å². The maximum Gasteiger partial charge on any atom is 0.255 e. The van der Waals surface area contributed by atoms with Crippen LogP contribution < -0.4 is 5.32 Å². The molecular formula is C15H17N7O. The number of carbonyl (C=O) groups is 1. The summed E-state index contributed by atoms with van der Waals surface area (Å²) in [6.45, 7) is 4.00. The van der Waals surface area contributed by atoms with Gasteiger partial charge in [-0.1, -0.05) is 12.1 Å². The van der Waals surface area contributed by atoms with Crippen molar-refractivity contribution in [2.24, 2.45) is 7.05 Å². The van der Waals surface area contributed by atoms with Gasteiger partial charge in [0.25, 0.3) is 5.91 Å². The van der Waals surface area contributed by atoms with Crippen molar-refractivity contribution in [3.8, 4) is 11.4 Å². The average molecular weight is 311 g/mol. The molecule has 8 nitrogen and oxygen atoms in total. The molecule has 118 valence electrons. The van der Waals surface area contributed by atoms with Gasteiger partial charge in [-0.05, 0) is 36.4 Å². The zero-order valence-corrected chi connectivity index (χ0v) is 13.1. The molecule has 1 amide bonds. The normalized spacial score (nSPS) is 11.0. The van der Waals surface area contributed by atoms with Crippen LogP contribution in [-0.4, -0.2) is 35.9 Å². The first-order chi connectivity index (χ1) is 11.0. The lowest BCUT2D eigenvalue weighted by molar-refractivity contribution is 0.102. The average Bonchev–Trinajstić information content (AvgIpc) is 3.16. The molecule has 1 N–H and O–H groups in total. The van der Waals surface area contributed by atoms with E-state index in [1.165, 1.54) is 0 Å². The molecule has 23 heavy (non-hydrogen) atoms. The Kier molecular flexibility index (Phi) is 3.88. The number of nitrogens with one attached hydrogen (secondary N) is 1. The molecule has 1 aromatic carbocycles. The standard InChI is InChI=1S/C15H17N7O/c1-10(2)22-14(18-19-20-22)11-5-4-6-12(7-11)15(23)17-13-8-16-21(3)9-13/h4-10H,1-3H3,(H,17,23). The van der Waals surface area contributed by atoms with Gasteiger partial charge in [-0.2, -0.15) is 5.10 Å². The van der Waals surface area contributed by atoms with Gasteiger partial charge in [0.15, 0.2) is 5.82 Å². The summed E-state index contributed by atoms with van der Waals surface area (Å²) in [7, 11) is 1.79. The highest BCUT2D eigenvalue weighted by Crippen LogP contribution is 2.20. The summed E-state index contributed by atoms with van der Waals surface area (Å²) < 4.78 is 3.35. The van der Waals surface area contributed by atoms with Crippen molar-refractivity contribution < 1.29 is 4.79 Å². The molecule has 0 saturated heterocycles. The van der Waals surface area contributed by atoms with E-state index in [0.29, 0.717) is 17.1 Å². The van der Waals surface area contributed by atoms with Crippen LogP contribution in [0.5, 0.6) is 0 Å². The molecule has 0 aliphatic rings. The van der Waals surface area contributed by atoms with Crippen molar-refractivity contribution in [1.82, 2.24) is 30.0 Å². The summed E-state index contributed by atoms with van der Waals surface area (Å²) in [6.07, 6.45) is 3.34. The minimum atomic E-state index is -0.205. The van der Waals surface area contributed by atoms with Crippen LogP contribution in [0.15, 0.2) is 36.7 Å². The number of aryl methyl sites for hydroxylation is 1. The molecule has 2 aromatic heterocycles. The number of anilines is 1. The zero-order chi connectivity index (χ0) is 16.4. The first-order valence-corrected chi connectivity index (χ1v) is 7.23.